The fourth-order valence-electron chi connectivity index (χ4n) is 2.96. The van der Waals surface area contributed by atoms with Crippen molar-refractivity contribution in [1.82, 2.24) is 15.3 Å². The minimum absolute atomic E-state index is 0.0772. The Balaban J connectivity index is 1.94. The van der Waals surface area contributed by atoms with Crippen LogP contribution in [0.3, 0.4) is 0 Å². The van der Waals surface area contributed by atoms with Gasteiger partial charge in [-0.3, -0.25) is 19.7 Å². The highest BCUT2D eigenvalue weighted by Gasteiger charge is 2.21. The summed E-state index contributed by atoms with van der Waals surface area (Å²) >= 11 is 1.08. The second-order valence-corrected chi connectivity index (χ2v) is 7.76. The fraction of sp³-hybridized carbons (Fsp3) is 0.190. The van der Waals surface area contributed by atoms with Crippen molar-refractivity contribution in [3.63, 3.8) is 0 Å². The minimum atomic E-state index is -0.650. The second kappa shape index (κ2) is 10.5. The molecule has 7 N–H and O–H groups in total. The number of methoxy groups -OCH3 is 1. The summed E-state index contributed by atoms with van der Waals surface area (Å²) in [6, 6.07) is 6.97. The van der Waals surface area contributed by atoms with Gasteiger partial charge in [-0.05, 0) is 12.1 Å². The van der Waals surface area contributed by atoms with Crippen LogP contribution in [-0.2, 0) is 14.3 Å². The van der Waals surface area contributed by atoms with E-state index in [0.29, 0.717) is 39.7 Å². The van der Waals surface area contributed by atoms with Crippen LogP contribution in [0.2, 0.25) is 0 Å². The number of anilines is 3. The van der Waals surface area contributed by atoms with Crippen molar-refractivity contribution in [3.8, 4) is 11.3 Å². The van der Waals surface area contributed by atoms with Crippen LogP contribution in [0.25, 0.3) is 21.5 Å². The summed E-state index contributed by atoms with van der Waals surface area (Å²) in [5.41, 5.74) is 13.5. The fourth-order valence-corrected chi connectivity index (χ4v) is 3.90. The van der Waals surface area contributed by atoms with Crippen molar-refractivity contribution in [2.24, 2.45) is 5.73 Å². The van der Waals surface area contributed by atoms with Crippen molar-refractivity contribution in [2.75, 3.05) is 43.1 Å². The minimum Gasteiger partial charge on any atom is -0.468 e. The highest BCUT2D eigenvalue weighted by Crippen LogP contribution is 2.39. The van der Waals surface area contributed by atoms with Gasteiger partial charge in [0, 0.05) is 17.8 Å². The predicted molar refractivity (Wildman–Crippen MR) is 128 cm³/mol. The number of benzene rings is 1. The van der Waals surface area contributed by atoms with Crippen molar-refractivity contribution >= 4 is 56.7 Å². The van der Waals surface area contributed by atoms with Gasteiger partial charge >= 0.3 is 5.97 Å². The first-order chi connectivity index (χ1) is 15.8. The van der Waals surface area contributed by atoms with Crippen LogP contribution in [0.15, 0.2) is 36.9 Å². The molecular formula is C21H23N7O4S. The third kappa shape index (κ3) is 5.61. The first-order valence-corrected chi connectivity index (χ1v) is 10.6. The third-order valence-electron chi connectivity index (χ3n) is 4.42. The number of carbonyl (C=O) groups excluding carboxylic acids is 3. The highest BCUT2D eigenvalue weighted by atomic mass is 32.1. The molecule has 0 spiro atoms. The molecular weight excluding hydrogens is 446 g/mol. The summed E-state index contributed by atoms with van der Waals surface area (Å²) < 4.78 is 4.52. The van der Waals surface area contributed by atoms with Gasteiger partial charge in [-0.2, -0.15) is 0 Å². The molecule has 0 aliphatic heterocycles. The molecule has 3 aromatic rings. The maximum atomic E-state index is 12.2. The number of nitrogens with zero attached hydrogens (tertiary/aromatic N) is 2. The van der Waals surface area contributed by atoms with E-state index in [4.69, 9.17) is 11.5 Å². The van der Waals surface area contributed by atoms with E-state index in [1.54, 1.807) is 30.3 Å². The molecule has 2 amide bonds. The number of primary amides is 1. The molecule has 2 heterocycles. The number of amides is 2. The van der Waals surface area contributed by atoms with E-state index in [1.165, 1.54) is 7.11 Å². The number of aromatic nitrogens is 2. The number of nitrogens with one attached hydrogen (secondary N) is 3. The summed E-state index contributed by atoms with van der Waals surface area (Å²) in [5.74, 6) is -1.14. The molecule has 12 heteroatoms. The number of ether oxygens (including phenoxy) is 1. The number of nitrogen functional groups attached to an aromatic ring is 1. The van der Waals surface area contributed by atoms with Gasteiger partial charge in [0.2, 0.25) is 11.9 Å². The first-order valence-electron chi connectivity index (χ1n) is 9.76. The number of thiophene rings is 1. The van der Waals surface area contributed by atoms with Crippen LogP contribution in [-0.4, -0.2) is 54.5 Å². The molecule has 0 unspecified atom stereocenters. The van der Waals surface area contributed by atoms with Gasteiger partial charge in [0.05, 0.1) is 37.0 Å². The predicted octanol–water partition coefficient (Wildman–Crippen LogP) is 1.34. The Kier molecular flexibility index (Phi) is 7.53. The summed E-state index contributed by atoms with van der Waals surface area (Å²) in [6.07, 6.45) is 1.66. The zero-order valence-electron chi connectivity index (χ0n) is 17.8. The molecule has 172 valence electrons. The summed E-state index contributed by atoms with van der Waals surface area (Å²) in [4.78, 5) is 44.9. The largest absolute Gasteiger partial charge is 0.468 e. The number of esters is 1. The molecule has 33 heavy (non-hydrogen) atoms. The third-order valence-corrected chi connectivity index (χ3v) is 5.53. The lowest BCUT2D eigenvalue weighted by molar-refractivity contribution is -0.139. The Labute approximate surface area is 193 Å². The van der Waals surface area contributed by atoms with Crippen molar-refractivity contribution in [2.45, 2.75) is 0 Å². The molecule has 2 aromatic heterocycles. The topological polar surface area (TPSA) is 174 Å². The Hall–Kier alpha value is -4.03. The van der Waals surface area contributed by atoms with Crippen LogP contribution in [0, 0.1) is 0 Å². The standard InChI is InChI=1S/C21H23N7O4S/c1-3-7-25-21-27-17(15-16(22)18(19(23)31)33-20(15)28-21)11-5-4-6-12(8-11)26-13(29)9-24-10-14(30)32-2/h3-6,8,24H,1,7,9-10,22H2,2H3,(H2,23,31)(H,26,29)(H,25,27,28). The van der Waals surface area contributed by atoms with E-state index in [-0.39, 0.29) is 29.6 Å². The number of hydrogen-bond donors (Lipinski definition) is 5. The molecule has 0 bridgehead atoms. The molecule has 0 radical (unpaired) electrons. The Bertz CT molecular complexity index is 1220. The van der Waals surface area contributed by atoms with Crippen molar-refractivity contribution in [1.29, 1.82) is 0 Å². The molecule has 0 saturated heterocycles. The number of hydrogen-bond acceptors (Lipinski definition) is 10. The van der Waals surface area contributed by atoms with E-state index >= 15 is 0 Å². The van der Waals surface area contributed by atoms with Gasteiger partial charge in [-0.15, -0.1) is 17.9 Å². The van der Waals surface area contributed by atoms with E-state index in [2.05, 4.69) is 37.2 Å². The molecule has 0 atom stereocenters. The lowest BCUT2D eigenvalue weighted by atomic mass is 10.1. The Morgan fingerprint density at radius 2 is 2.03 bits per heavy atom. The Morgan fingerprint density at radius 3 is 2.73 bits per heavy atom. The monoisotopic (exact) mass is 469 g/mol. The SMILES string of the molecule is C=CCNc1nc(-c2cccc(NC(=O)CNCC(=O)OC)c2)c2c(N)c(C(N)=O)sc2n1. The smallest absolute Gasteiger partial charge is 0.319 e. The average Bonchev–Trinajstić information content (AvgIpc) is 3.13. The van der Waals surface area contributed by atoms with Gasteiger partial charge in [0.25, 0.3) is 5.91 Å². The van der Waals surface area contributed by atoms with E-state index < -0.39 is 11.9 Å². The molecule has 0 aliphatic carbocycles. The molecule has 0 saturated carbocycles. The van der Waals surface area contributed by atoms with E-state index in [9.17, 15) is 14.4 Å². The summed E-state index contributed by atoms with van der Waals surface area (Å²) in [7, 11) is 1.27. The van der Waals surface area contributed by atoms with Crippen LogP contribution in [0.5, 0.6) is 0 Å². The van der Waals surface area contributed by atoms with Crippen LogP contribution in [0.4, 0.5) is 17.3 Å². The van der Waals surface area contributed by atoms with Gasteiger partial charge in [0.1, 0.15) is 9.71 Å². The van der Waals surface area contributed by atoms with Crippen molar-refractivity contribution < 1.29 is 19.1 Å². The van der Waals surface area contributed by atoms with Crippen LogP contribution >= 0.6 is 11.3 Å². The van der Waals surface area contributed by atoms with E-state index in [1.807, 2.05) is 0 Å². The number of fused-ring (bicyclic) bond motifs is 1. The quantitative estimate of drug-likeness (QED) is 0.217. The maximum Gasteiger partial charge on any atom is 0.319 e. The molecule has 0 fully saturated rings. The zero-order chi connectivity index (χ0) is 24.0. The van der Waals surface area contributed by atoms with Crippen LogP contribution in [0.1, 0.15) is 9.67 Å². The Morgan fingerprint density at radius 1 is 1.24 bits per heavy atom. The lowest BCUT2D eigenvalue weighted by Crippen LogP contribution is -2.32. The lowest BCUT2D eigenvalue weighted by Gasteiger charge is -2.10. The van der Waals surface area contributed by atoms with Crippen LogP contribution < -0.4 is 27.4 Å². The highest BCUT2D eigenvalue weighted by molar-refractivity contribution is 7.21. The second-order valence-electron chi connectivity index (χ2n) is 6.76. The molecule has 11 nitrogen and oxygen atoms in total. The molecule has 1 aromatic carbocycles. The van der Waals surface area contributed by atoms with Crippen molar-refractivity contribution in [3.05, 3.63) is 41.8 Å². The first kappa shape index (κ1) is 23.6. The van der Waals surface area contributed by atoms with Gasteiger partial charge in [-0.1, -0.05) is 18.2 Å². The van der Waals surface area contributed by atoms with E-state index in [0.717, 1.165) is 11.3 Å². The summed E-state index contributed by atoms with van der Waals surface area (Å²) in [6.45, 7) is 3.94. The number of nitrogens with two attached hydrogens (primary N) is 2. The molecule has 0 aliphatic rings. The van der Waals surface area contributed by atoms with Gasteiger partial charge in [-0.25, -0.2) is 9.97 Å². The number of carbonyl (C=O) groups is 3. The van der Waals surface area contributed by atoms with Gasteiger partial charge < -0.3 is 26.8 Å². The summed E-state index contributed by atoms with van der Waals surface area (Å²) in [5, 5.41) is 8.98. The van der Waals surface area contributed by atoms with Gasteiger partial charge in [0.15, 0.2) is 0 Å². The normalized spacial score (nSPS) is 10.6. The average molecular weight is 470 g/mol. The number of rotatable bonds is 10. The zero-order valence-corrected chi connectivity index (χ0v) is 18.6. The maximum absolute atomic E-state index is 12.2. The molecule has 3 rings (SSSR count).